The van der Waals surface area contributed by atoms with Gasteiger partial charge in [0.15, 0.2) is 5.82 Å². The monoisotopic (exact) mass is 580 g/mol. The minimum absolute atomic E-state index is 0.121. The number of ether oxygens (including phenoxy) is 1. The summed E-state index contributed by atoms with van der Waals surface area (Å²) in [6.07, 6.45) is 4.20. The lowest BCUT2D eigenvalue weighted by molar-refractivity contribution is 0.122. The van der Waals surface area contributed by atoms with Crippen molar-refractivity contribution in [2.75, 3.05) is 41.8 Å². The number of morpholine rings is 1. The molecular formula is C26H28N8O4S2. The Labute approximate surface area is 235 Å². The van der Waals surface area contributed by atoms with Crippen LogP contribution in [0.15, 0.2) is 52.4 Å². The van der Waals surface area contributed by atoms with Crippen molar-refractivity contribution in [3.8, 4) is 11.4 Å². The highest BCUT2D eigenvalue weighted by Crippen LogP contribution is 2.55. The molecule has 4 aromatic rings. The van der Waals surface area contributed by atoms with Crippen LogP contribution in [-0.2, 0) is 26.4 Å². The molecule has 12 nitrogen and oxygen atoms in total. The van der Waals surface area contributed by atoms with Gasteiger partial charge in [-0.15, -0.1) is 11.3 Å². The summed E-state index contributed by atoms with van der Waals surface area (Å²) in [5.41, 5.74) is 3.02. The van der Waals surface area contributed by atoms with Crippen LogP contribution in [0.2, 0.25) is 0 Å². The number of nitrogens with one attached hydrogen (secondary N) is 2. The topological polar surface area (TPSA) is 144 Å². The van der Waals surface area contributed by atoms with E-state index in [0.717, 1.165) is 11.3 Å². The van der Waals surface area contributed by atoms with Crippen LogP contribution in [0.1, 0.15) is 24.2 Å². The maximum Gasteiger partial charge on any atom is 0.323 e. The summed E-state index contributed by atoms with van der Waals surface area (Å²) in [5, 5.41) is 11.3. The molecule has 1 aliphatic carbocycles. The van der Waals surface area contributed by atoms with E-state index < -0.39 is 20.6 Å². The Morgan fingerprint density at radius 1 is 1.05 bits per heavy atom. The molecular weight excluding hydrogens is 552 g/mol. The second-order valence-electron chi connectivity index (χ2n) is 9.85. The number of aryl methyl sites for hydroxylation is 2. The minimum atomic E-state index is -3.74. The van der Waals surface area contributed by atoms with Gasteiger partial charge in [-0.2, -0.15) is 5.10 Å². The van der Waals surface area contributed by atoms with Crippen LogP contribution >= 0.6 is 11.3 Å². The normalized spacial score (nSPS) is 16.5. The van der Waals surface area contributed by atoms with Gasteiger partial charge >= 0.3 is 6.03 Å². The summed E-state index contributed by atoms with van der Waals surface area (Å²) in [5.74, 6) is 1.08. The summed E-state index contributed by atoms with van der Waals surface area (Å²) in [6, 6.07) is 8.53. The maximum atomic E-state index is 13.7. The average molecular weight is 581 g/mol. The Kier molecular flexibility index (Phi) is 6.76. The van der Waals surface area contributed by atoms with Crippen molar-refractivity contribution in [1.82, 2.24) is 24.7 Å². The van der Waals surface area contributed by atoms with Gasteiger partial charge < -0.3 is 20.3 Å². The van der Waals surface area contributed by atoms with Gasteiger partial charge in [-0.1, -0.05) is 0 Å². The van der Waals surface area contributed by atoms with Crippen LogP contribution < -0.4 is 15.5 Å². The molecule has 1 saturated heterocycles. The molecule has 2 N–H and O–H groups in total. The van der Waals surface area contributed by atoms with Crippen molar-refractivity contribution >= 4 is 44.4 Å². The molecule has 2 amide bonds. The van der Waals surface area contributed by atoms with Crippen molar-refractivity contribution < 1.29 is 17.9 Å². The van der Waals surface area contributed by atoms with E-state index in [2.05, 4.69) is 25.6 Å². The smallest absolute Gasteiger partial charge is 0.323 e. The summed E-state index contributed by atoms with van der Waals surface area (Å²) < 4.78 is 33.6. The number of hydrogen-bond donors (Lipinski definition) is 2. The summed E-state index contributed by atoms with van der Waals surface area (Å²) in [4.78, 5) is 28.4. The number of rotatable bonds is 7. The van der Waals surface area contributed by atoms with E-state index in [4.69, 9.17) is 14.7 Å². The third kappa shape index (κ3) is 5.05. The Bertz CT molecular complexity index is 1660. The zero-order valence-electron chi connectivity index (χ0n) is 22.0. The number of carbonyl (C=O) groups is 1. The van der Waals surface area contributed by atoms with Gasteiger partial charge in [0.1, 0.15) is 10.6 Å². The molecule has 1 aromatic carbocycles. The van der Waals surface area contributed by atoms with E-state index in [-0.39, 0.29) is 4.34 Å². The number of anilines is 3. The number of sulfone groups is 1. The number of amides is 2. The van der Waals surface area contributed by atoms with Crippen LogP contribution in [0.25, 0.3) is 11.4 Å². The lowest BCUT2D eigenvalue weighted by Gasteiger charge is -2.29. The number of nitrogens with zero attached hydrogens (tertiary/aromatic N) is 6. The molecule has 14 heteroatoms. The predicted molar refractivity (Wildman–Crippen MR) is 151 cm³/mol. The first-order chi connectivity index (χ1) is 19.2. The van der Waals surface area contributed by atoms with Crippen molar-refractivity contribution in [1.29, 1.82) is 0 Å². The maximum absolute atomic E-state index is 13.7. The minimum Gasteiger partial charge on any atom is -0.378 e. The fourth-order valence-corrected chi connectivity index (χ4v) is 7.90. The van der Waals surface area contributed by atoms with E-state index in [1.807, 2.05) is 0 Å². The number of aromatic nitrogens is 5. The third-order valence-corrected chi connectivity index (χ3v) is 10.8. The molecule has 0 bridgehead atoms. The van der Waals surface area contributed by atoms with Crippen LogP contribution in [-0.4, -0.2) is 65.5 Å². The third-order valence-electron chi connectivity index (χ3n) is 6.92. The number of hydrogen-bond acceptors (Lipinski definition) is 10. The fourth-order valence-electron chi connectivity index (χ4n) is 4.63. The number of benzene rings is 1. The summed E-state index contributed by atoms with van der Waals surface area (Å²) >= 11 is 1.15. The number of carbonyl (C=O) groups excluding carboxylic acids is 1. The molecule has 4 heterocycles. The second kappa shape index (κ2) is 10.3. The molecule has 6 rings (SSSR count). The molecule has 208 valence electrons. The van der Waals surface area contributed by atoms with Crippen LogP contribution in [0.5, 0.6) is 0 Å². The molecule has 1 saturated carbocycles. The van der Waals surface area contributed by atoms with Gasteiger partial charge in [-0.3, -0.25) is 4.68 Å². The highest BCUT2D eigenvalue weighted by Gasteiger charge is 2.59. The van der Waals surface area contributed by atoms with Gasteiger partial charge in [-0.05, 0) is 44.0 Å². The molecule has 1 aliphatic heterocycles. The molecule has 3 aromatic heterocycles. The Hall–Kier alpha value is -3.88. The number of urea groups is 1. The summed E-state index contributed by atoms with van der Waals surface area (Å²) in [6.45, 7) is 4.22. The van der Waals surface area contributed by atoms with E-state index in [0.29, 0.717) is 79.1 Å². The van der Waals surface area contributed by atoms with Gasteiger partial charge in [0.2, 0.25) is 14.2 Å². The van der Waals surface area contributed by atoms with E-state index >= 15 is 0 Å². The van der Waals surface area contributed by atoms with Crippen molar-refractivity contribution in [3.63, 3.8) is 0 Å². The Balaban J connectivity index is 1.31. The van der Waals surface area contributed by atoms with Crippen LogP contribution in [0.4, 0.5) is 22.0 Å². The standard InChI is InChI=1S/C26H28N8O4S2/c1-17-16-39-25(28-17)40(36,37)26(7-8-26)21-13-22(34-9-11-38-12-10-34)32-23(31-21)18-3-5-19(6-4-18)29-24(35)30-20-14-27-33(2)15-20/h3-6,13-16H,7-12H2,1-2H3,(H2,29,30,35). The first-order valence-electron chi connectivity index (χ1n) is 12.8. The van der Waals surface area contributed by atoms with Crippen molar-refractivity contribution in [3.05, 3.63) is 59.5 Å². The largest absolute Gasteiger partial charge is 0.378 e. The predicted octanol–water partition coefficient (Wildman–Crippen LogP) is 3.59. The zero-order valence-corrected chi connectivity index (χ0v) is 23.6. The molecule has 0 radical (unpaired) electrons. The first-order valence-corrected chi connectivity index (χ1v) is 15.2. The quantitative estimate of drug-likeness (QED) is 0.335. The molecule has 0 spiro atoms. The molecule has 2 fully saturated rings. The average Bonchev–Trinajstić information content (AvgIpc) is 3.52. The second-order valence-corrected chi connectivity index (χ2v) is 13.1. The van der Waals surface area contributed by atoms with Gasteiger partial charge in [0, 0.05) is 54.7 Å². The van der Waals surface area contributed by atoms with Crippen molar-refractivity contribution in [2.45, 2.75) is 28.9 Å². The SMILES string of the molecule is Cc1csc(S(=O)(=O)C2(c3cc(N4CCOCC4)nc(-c4ccc(NC(=O)Nc5cnn(C)c5)cc4)n3)CC2)n1. The lowest BCUT2D eigenvalue weighted by atomic mass is 10.1. The van der Waals surface area contributed by atoms with E-state index in [1.54, 1.807) is 66.8 Å². The number of thiazole rings is 1. The van der Waals surface area contributed by atoms with Gasteiger partial charge in [0.05, 0.1) is 30.8 Å². The van der Waals surface area contributed by atoms with Gasteiger partial charge in [-0.25, -0.2) is 28.2 Å². The fraction of sp³-hybridized carbons (Fsp3) is 0.346. The van der Waals surface area contributed by atoms with Gasteiger partial charge in [0.25, 0.3) is 0 Å². The Morgan fingerprint density at radius 3 is 2.40 bits per heavy atom. The summed E-state index contributed by atoms with van der Waals surface area (Å²) in [7, 11) is -1.97. The molecule has 0 unspecified atom stereocenters. The molecule has 40 heavy (non-hydrogen) atoms. The van der Waals surface area contributed by atoms with Crippen LogP contribution in [0.3, 0.4) is 0 Å². The van der Waals surface area contributed by atoms with Crippen molar-refractivity contribution in [2.24, 2.45) is 7.05 Å². The Morgan fingerprint density at radius 2 is 1.77 bits per heavy atom. The first kappa shape index (κ1) is 26.3. The molecule has 0 atom stereocenters. The highest BCUT2D eigenvalue weighted by atomic mass is 32.2. The van der Waals surface area contributed by atoms with Crippen LogP contribution in [0, 0.1) is 6.92 Å². The van der Waals surface area contributed by atoms with E-state index in [1.165, 1.54) is 0 Å². The zero-order chi connectivity index (χ0) is 27.9. The lowest BCUT2D eigenvalue weighted by Crippen LogP contribution is -2.37. The molecule has 2 aliphatic rings. The highest BCUT2D eigenvalue weighted by molar-refractivity contribution is 7.94. The van der Waals surface area contributed by atoms with E-state index in [9.17, 15) is 13.2 Å².